The van der Waals surface area contributed by atoms with Crippen molar-refractivity contribution in [3.63, 3.8) is 0 Å². The number of likely N-dealkylation sites (tertiary alicyclic amines) is 1. The van der Waals surface area contributed by atoms with Gasteiger partial charge in [-0.25, -0.2) is 0 Å². The molecule has 2 saturated heterocycles. The van der Waals surface area contributed by atoms with E-state index in [2.05, 4.69) is 21.6 Å². The van der Waals surface area contributed by atoms with Crippen LogP contribution in [0, 0.1) is 5.92 Å². The zero-order valence-electron chi connectivity index (χ0n) is 12.9. The van der Waals surface area contributed by atoms with E-state index < -0.39 is 0 Å². The Morgan fingerprint density at radius 1 is 0.950 bits per heavy atom. The number of amides is 1. The molecule has 3 rings (SSSR count). The number of piperazine rings is 1. The third kappa shape index (κ3) is 3.34. The molecule has 1 aliphatic carbocycles. The largest absolute Gasteiger partial charge is 0.340 e. The van der Waals surface area contributed by atoms with Crippen LogP contribution >= 0.6 is 0 Å². The highest BCUT2D eigenvalue weighted by Gasteiger charge is 2.35. The van der Waals surface area contributed by atoms with Crippen LogP contribution in [0.3, 0.4) is 0 Å². The first kappa shape index (κ1) is 14.3. The number of piperidine rings is 1. The van der Waals surface area contributed by atoms with Crippen LogP contribution in [0.1, 0.15) is 39.0 Å². The van der Waals surface area contributed by atoms with Crippen LogP contribution in [0.5, 0.6) is 0 Å². The first-order valence-electron chi connectivity index (χ1n) is 8.53. The number of carbonyl (C=O) groups excluding carboxylic acids is 1. The molecule has 2 aliphatic heterocycles. The molecule has 0 spiro atoms. The van der Waals surface area contributed by atoms with Crippen molar-refractivity contribution in [1.82, 2.24) is 14.7 Å². The van der Waals surface area contributed by atoms with Crippen LogP contribution in [0.25, 0.3) is 0 Å². The second-order valence-electron chi connectivity index (χ2n) is 6.71. The minimum absolute atomic E-state index is 0.388. The molecule has 4 heteroatoms. The average molecular weight is 279 g/mol. The highest BCUT2D eigenvalue weighted by atomic mass is 16.2. The maximum atomic E-state index is 12.1. The Morgan fingerprint density at radius 3 is 2.15 bits per heavy atom. The van der Waals surface area contributed by atoms with Gasteiger partial charge < -0.3 is 9.80 Å². The topological polar surface area (TPSA) is 26.8 Å². The summed E-state index contributed by atoms with van der Waals surface area (Å²) in [5, 5.41) is 0. The fourth-order valence-electron chi connectivity index (χ4n) is 3.72. The summed E-state index contributed by atoms with van der Waals surface area (Å²) in [6, 6.07) is 0.765. The lowest BCUT2D eigenvalue weighted by Gasteiger charge is -2.42. The van der Waals surface area contributed by atoms with E-state index in [4.69, 9.17) is 0 Å². The Hall–Kier alpha value is -0.610. The third-order valence-corrected chi connectivity index (χ3v) is 5.17. The van der Waals surface area contributed by atoms with Gasteiger partial charge in [0.15, 0.2) is 0 Å². The van der Waals surface area contributed by atoms with E-state index in [0.717, 1.165) is 45.1 Å². The van der Waals surface area contributed by atoms with Crippen LogP contribution in [0.15, 0.2) is 0 Å². The summed E-state index contributed by atoms with van der Waals surface area (Å²) in [5.41, 5.74) is 0. The van der Waals surface area contributed by atoms with Gasteiger partial charge >= 0.3 is 0 Å². The molecule has 0 aromatic carbocycles. The normalized spacial score (nSPS) is 26.9. The maximum absolute atomic E-state index is 12.1. The van der Waals surface area contributed by atoms with Gasteiger partial charge in [0.2, 0.25) is 5.91 Å². The Bertz CT molecular complexity index is 327. The van der Waals surface area contributed by atoms with Gasteiger partial charge in [-0.3, -0.25) is 9.69 Å². The van der Waals surface area contributed by atoms with Gasteiger partial charge in [-0.05, 0) is 51.7 Å². The molecule has 0 N–H and O–H groups in total. The highest BCUT2D eigenvalue weighted by Crippen LogP contribution is 2.31. The van der Waals surface area contributed by atoms with E-state index in [1.165, 1.54) is 38.9 Å². The van der Waals surface area contributed by atoms with Gasteiger partial charge in [-0.1, -0.05) is 6.92 Å². The summed E-state index contributed by atoms with van der Waals surface area (Å²) in [6.45, 7) is 10.2. The molecule has 0 atom stereocenters. The molecule has 0 aromatic heterocycles. The van der Waals surface area contributed by atoms with Crippen LogP contribution in [0.2, 0.25) is 0 Å². The second kappa shape index (κ2) is 6.44. The molecule has 3 aliphatic rings. The predicted octanol–water partition coefficient (Wildman–Crippen LogP) is 1.42. The monoisotopic (exact) mass is 279 g/mol. The summed E-state index contributed by atoms with van der Waals surface area (Å²) >= 11 is 0. The van der Waals surface area contributed by atoms with Gasteiger partial charge in [0, 0.05) is 38.1 Å². The third-order valence-electron chi connectivity index (χ3n) is 5.17. The lowest BCUT2D eigenvalue weighted by atomic mass is 10.0. The van der Waals surface area contributed by atoms with Gasteiger partial charge in [0.05, 0.1) is 0 Å². The minimum atomic E-state index is 0.388. The lowest BCUT2D eigenvalue weighted by Crippen LogP contribution is -2.54. The molecular weight excluding hydrogens is 250 g/mol. The van der Waals surface area contributed by atoms with Gasteiger partial charge in [0.25, 0.3) is 0 Å². The van der Waals surface area contributed by atoms with E-state index in [1.54, 1.807) is 0 Å². The van der Waals surface area contributed by atoms with Crippen molar-refractivity contribution >= 4 is 5.91 Å². The lowest BCUT2D eigenvalue weighted by molar-refractivity contribution is -0.134. The average Bonchev–Trinajstić information content (AvgIpc) is 3.33. The SMILES string of the molecule is CCCN1CCC(N2CCN(C(=O)C3CC3)CC2)CC1. The molecule has 20 heavy (non-hydrogen) atoms. The summed E-state index contributed by atoms with van der Waals surface area (Å²) in [5.74, 6) is 0.821. The summed E-state index contributed by atoms with van der Waals surface area (Å²) in [4.78, 5) is 19.4. The molecule has 114 valence electrons. The van der Waals surface area contributed by atoms with Crippen molar-refractivity contribution in [2.24, 2.45) is 5.92 Å². The Balaban J connectivity index is 1.41. The zero-order valence-corrected chi connectivity index (χ0v) is 12.9. The number of nitrogens with zero attached hydrogens (tertiary/aromatic N) is 3. The Labute approximate surface area is 123 Å². The number of hydrogen-bond donors (Lipinski definition) is 0. The quantitative estimate of drug-likeness (QED) is 0.778. The predicted molar refractivity (Wildman–Crippen MR) is 80.6 cm³/mol. The van der Waals surface area contributed by atoms with Crippen LogP contribution in [0.4, 0.5) is 0 Å². The molecule has 3 fully saturated rings. The second-order valence-corrected chi connectivity index (χ2v) is 6.71. The van der Waals surface area contributed by atoms with E-state index >= 15 is 0 Å². The van der Waals surface area contributed by atoms with E-state index in [9.17, 15) is 4.79 Å². The van der Waals surface area contributed by atoms with E-state index in [0.29, 0.717) is 11.8 Å². The van der Waals surface area contributed by atoms with Gasteiger partial charge in [0.1, 0.15) is 0 Å². The van der Waals surface area contributed by atoms with Gasteiger partial charge in [-0.2, -0.15) is 0 Å². The molecule has 1 amide bonds. The maximum Gasteiger partial charge on any atom is 0.225 e. The van der Waals surface area contributed by atoms with Crippen LogP contribution in [-0.4, -0.2) is 72.5 Å². The van der Waals surface area contributed by atoms with Crippen molar-refractivity contribution in [3.8, 4) is 0 Å². The smallest absolute Gasteiger partial charge is 0.225 e. The minimum Gasteiger partial charge on any atom is -0.340 e. The van der Waals surface area contributed by atoms with E-state index in [1.807, 2.05) is 0 Å². The molecule has 0 aromatic rings. The summed E-state index contributed by atoms with van der Waals surface area (Å²) in [6.07, 6.45) is 6.17. The van der Waals surface area contributed by atoms with Crippen molar-refractivity contribution in [1.29, 1.82) is 0 Å². The fourth-order valence-corrected chi connectivity index (χ4v) is 3.72. The number of hydrogen-bond acceptors (Lipinski definition) is 3. The molecule has 0 radical (unpaired) electrons. The number of carbonyl (C=O) groups is 1. The standard InChI is InChI=1S/C16H29N3O/c1-2-7-17-8-5-15(6-9-17)18-10-12-19(13-11-18)16(20)14-3-4-14/h14-15H,2-13H2,1H3. The van der Waals surface area contributed by atoms with Gasteiger partial charge in [-0.15, -0.1) is 0 Å². The molecule has 0 bridgehead atoms. The van der Waals surface area contributed by atoms with Crippen molar-refractivity contribution in [2.75, 3.05) is 45.8 Å². The van der Waals surface area contributed by atoms with Crippen molar-refractivity contribution in [2.45, 2.75) is 45.1 Å². The van der Waals surface area contributed by atoms with Crippen LogP contribution < -0.4 is 0 Å². The summed E-state index contributed by atoms with van der Waals surface area (Å²) in [7, 11) is 0. The zero-order chi connectivity index (χ0) is 13.9. The molecule has 2 heterocycles. The Kier molecular flexibility index (Phi) is 4.61. The van der Waals surface area contributed by atoms with Crippen molar-refractivity contribution in [3.05, 3.63) is 0 Å². The molecule has 0 unspecified atom stereocenters. The first-order chi connectivity index (χ1) is 9.78. The highest BCUT2D eigenvalue weighted by molar-refractivity contribution is 5.81. The first-order valence-corrected chi connectivity index (χ1v) is 8.53. The molecule has 1 saturated carbocycles. The summed E-state index contributed by atoms with van der Waals surface area (Å²) < 4.78 is 0. The fraction of sp³-hybridized carbons (Fsp3) is 0.938. The van der Waals surface area contributed by atoms with E-state index in [-0.39, 0.29) is 0 Å². The Morgan fingerprint density at radius 2 is 1.60 bits per heavy atom. The van der Waals surface area contributed by atoms with Crippen LogP contribution in [-0.2, 0) is 4.79 Å². The number of rotatable bonds is 4. The molecular formula is C16H29N3O. The molecule has 4 nitrogen and oxygen atoms in total. The van der Waals surface area contributed by atoms with Crippen molar-refractivity contribution < 1.29 is 4.79 Å².